The Bertz CT molecular complexity index is 368. The number of aliphatic hydroxyl groups is 1. The van der Waals surface area contributed by atoms with Crippen LogP contribution < -0.4 is 5.32 Å². The highest BCUT2D eigenvalue weighted by atomic mass is 19.1. The normalized spacial score (nSPS) is 15.0. The van der Waals surface area contributed by atoms with Crippen molar-refractivity contribution in [2.24, 2.45) is 5.92 Å². The van der Waals surface area contributed by atoms with Gasteiger partial charge in [-0.3, -0.25) is 0 Å². The van der Waals surface area contributed by atoms with Crippen LogP contribution in [0.25, 0.3) is 0 Å². The van der Waals surface area contributed by atoms with E-state index in [0.29, 0.717) is 12.1 Å². The highest BCUT2D eigenvalue weighted by Crippen LogP contribution is 2.17. The fourth-order valence-corrected chi connectivity index (χ4v) is 1.50. The first kappa shape index (κ1) is 14.1. The highest BCUT2D eigenvalue weighted by molar-refractivity contribution is 5.21. The maximum atomic E-state index is 13.4. The summed E-state index contributed by atoms with van der Waals surface area (Å²) in [5.74, 6) is -1.00. The van der Waals surface area contributed by atoms with E-state index in [1.54, 1.807) is 6.92 Å². The lowest BCUT2D eigenvalue weighted by Crippen LogP contribution is -2.32. The molecule has 0 aliphatic heterocycles. The number of benzene rings is 1. The van der Waals surface area contributed by atoms with E-state index >= 15 is 0 Å². The topological polar surface area (TPSA) is 32.3 Å². The van der Waals surface area contributed by atoms with Crippen molar-refractivity contribution in [2.75, 3.05) is 6.54 Å². The van der Waals surface area contributed by atoms with E-state index in [2.05, 4.69) is 5.32 Å². The van der Waals surface area contributed by atoms with Gasteiger partial charge in [0.2, 0.25) is 0 Å². The molecule has 0 aliphatic carbocycles. The smallest absolute Gasteiger partial charge is 0.130 e. The molecule has 1 aromatic rings. The van der Waals surface area contributed by atoms with E-state index in [1.807, 2.05) is 13.8 Å². The third-order valence-corrected chi connectivity index (χ3v) is 2.83. The lowest BCUT2D eigenvalue weighted by molar-refractivity contribution is 0.120. The number of halogens is 2. The van der Waals surface area contributed by atoms with Gasteiger partial charge in [0.1, 0.15) is 11.6 Å². The van der Waals surface area contributed by atoms with Crippen LogP contribution in [0.15, 0.2) is 18.2 Å². The van der Waals surface area contributed by atoms with Crippen molar-refractivity contribution in [1.82, 2.24) is 5.32 Å². The predicted molar refractivity (Wildman–Crippen MR) is 63.6 cm³/mol. The molecule has 1 rings (SSSR count). The van der Waals surface area contributed by atoms with Crippen LogP contribution in [0.4, 0.5) is 8.78 Å². The predicted octanol–water partition coefficient (Wildman–Crippen LogP) is 2.63. The van der Waals surface area contributed by atoms with Gasteiger partial charge < -0.3 is 10.4 Å². The van der Waals surface area contributed by atoms with Crippen molar-refractivity contribution < 1.29 is 13.9 Å². The van der Waals surface area contributed by atoms with Crippen LogP contribution in [0.3, 0.4) is 0 Å². The SMILES string of the molecule is CC(NCC(O)C(C)C)c1ccc(F)cc1F. The second-order valence-electron chi connectivity index (χ2n) is 4.61. The third kappa shape index (κ3) is 4.06. The number of hydrogen-bond acceptors (Lipinski definition) is 2. The van der Waals surface area contributed by atoms with E-state index in [1.165, 1.54) is 12.1 Å². The van der Waals surface area contributed by atoms with Crippen LogP contribution in [0.1, 0.15) is 32.4 Å². The molecule has 0 fully saturated rings. The van der Waals surface area contributed by atoms with Crippen LogP contribution in [0.5, 0.6) is 0 Å². The molecule has 1 aromatic carbocycles. The fraction of sp³-hybridized carbons (Fsp3) is 0.538. The molecule has 2 N–H and O–H groups in total. The molecule has 0 aromatic heterocycles. The van der Waals surface area contributed by atoms with Crippen molar-refractivity contribution in [3.05, 3.63) is 35.4 Å². The quantitative estimate of drug-likeness (QED) is 0.833. The lowest BCUT2D eigenvalue weighted by Gasteiger charge is -2.20. The summed E-state index contributed by atoms with van der Waals surface area (Å²) in [7, 11) is 0. The van der Waals surface area contributed by atoms with Crippen molar-refractivity contribution in [3.8, 4) is 0 Å². The average Bonchev–Trinajstić information content (AvgIpc) is 2.25. The molecular weight excluding hydrogens is 224 g/mol. The van der Waals surface area contributed by atoms with Crippen molar-refractivity contribution in [2.45, 2.75) is 32.9 Å². The number of hydrogen-bond donors (Lipinski definition) is 2. The van der Waals surface area contributed by atoms with Gasteiger partial charge in [0.05, 0.1) is 6.10 Å². The number of rotatable bonds is 5. The first-order valence-corrected chi connectivity index (χ1v) is 5.78. The van der Waals surface area contributed by atoms with Crippen molar-refractivity contribution >= 4 is 0 Å². The highest BCUT2D eigenvalue weighted by Gasteiger charge is 2.14. The monoisotopic (exact) mass is 243 g/mol. The van der Waals surface area contributed by atoms with Crippen molar-refractivity contribution in [3.63, 3.8) is 0 Å². The number of aliphatic hydroxyl groups excluding tert-OH is 1. The summed E-state index contributed by atoms with van der Waals surface area (Å²) in [6.07, 6.45) is -0.471. The van der Waals surface area contributed by atoms with Crippen molar-refractivity contribution in [1.29, 1.82) is 0 Å². The molecule has 0 aliphatic rings. The summed E-state index contributed by atoms with van der Waals surface area (Å²) in [6.45, 7) is 5.99. The van der Waals surface area contributed by atoms with Gasteiger partial charge in [-0.15, -0.1) is 0 Å². The van der Waals surface area contributed by atoms with E-state index in [9.17, 15) is 13.9 Å². The Morgan fingerprint density at radius 2 is 1.88 bits per heavy atom. The van der Waals surface area contributed by atoms with Gasteiger partial charge in [-0.1, -0.05) is 19.9 Å². The molecule has 17 heavy (non-hydrogen) atoms. The molecule has 96 valence electrons. The second kappa shape index (κ2) is 6.07. The molecular formula is C13H19F2NO. The van der Waals surface area contributed by atoms with Crippen LogP contribution in [-0.2, 0) is 0 Å². The molecule has 0 heterocycles. The first-order valence-electron chi connectivity index (χ1n) is 5.78. The summed E-state index contributed by atoms with van der Waals surface area (Å²) < 4.78 is 26.2. The molecule has 0 saturated carbocycles. The number of nitrogens with one attached hydrogen (secondary N) is 1. The van der Waals surface area contributed by atoms with Gasteiger partial charge in [0.15, 0.2) is 0 Å². The largest absolute Gasteiger partial charge is 0.392 e. The van der Waals surface area contributed by atoms with Crippen LogP contribution in [-0.4, -0.2) is 17.8 Å². The Labute approximate surface area is 101 Å². The van der Waals surface area contributed by atoms with Crippen LogP contribution in [0, 0.1) is 17.6 Å². The van der Waals surface area contributed by atoms with Gasteiger partial charge in [-0.05, 0) is 18.9 Å². The Hall–Kier alpha value is -1.00. The van der Waals surface area contributed by atoms with Gasteiger partial charge in [-0.2, -0.15) is 0 Å². The minimum atomic E-state index is -0.583. The van der Waals surface area contributed by atoms with E-state index in [4.69, 9.17) is 0 Å². The Kier molecular flexibility index (Phi) is 5.02. The van der Waals surface area contributed by atoms with Crippen LogP contribution in [0.2, 0.25) is 0 Å². The van der Waals surface area contributed by atoms with Gasteiger partial charge >= 0.3 is 0 Å². The van der Waals surface area contributed by atoms with E-state index in [-0.39, 0.29) is 12.0 Å². The van der Waals surface area contributed by atoms with Gasteiger partial charge in [0, 0.05) is 24.2 Å². The van der Waals surface area contributed by atoms with E-state index < -0.39 is 17.7 Å². The minimum Gasteiger partial charge on any atom is -0.392 e. The maximum Gasteiger partial charge on any atom is 0.130 e. The third-order valence-electron chi connectivity index (χ3n) is 2.83. The zero-order chi connectivity index (χ0) is 13.0. The zero-order valence-corrected chi connectivity index (χ0v) is 10.4. The molecule has 0 radical (unpaired) electrons. The molecule has 0 spiro atoms. The molecule has 0 amide bonds. The molecule has 0 saturated heterocycles. The van der Waals surface area contributed by atoms with E-state index in [0.717, 1.165) is 6.07 Å². The summed E-state index contributed by atoms with van der Waals surface area (Å²) >= 11 is 0. The first-order chi connectivity index (χ1) is 7.91. The Morgan fingerprint density at radius 1 is 1.24 bits per heavy atom. The Morgan fingerprint density at radius 3 is 2.41 bits per heavy atom. The van der Waals surface area contributed by atoms with Crippen LogP contribution >= 0.6 is 0 Å². The second-order valence-corrected chi connectivity index (χ2v) is 4.61. The molecule has 2 unspecified atom stereocenters. The summed E-state index contributed by atoms with van der Waals surface area (Å²) in [5, 5.41) is 12.6. The standard InChI is InChI=1S/C13H19F2NO/c1-8(2)13(17)7-16-9(3)11-5-4-10(14)6-12(11)15/h4-6,8-9,13,16-17H,7H2,1-3H3. The molecule has 4 heteroatoms. The molecule has 2 nitrogen and oxygen atoms in total. The average molecular weight is 243 g/mol. The van der Waals surface area contributed by atoms with Gasteiger partial charge in [0.25, 0.3) is 0 Å². The summed E-state index contributed by atoms with van der Waals surface area (Å²) in [4.78, 5) is 0. The summed E-state index contributed by atoms with van der Waals surface area (Å²) in [5.41, 5.74) is 0.405. The van der Waals surface area contributed by atoms with Gasteiger partial charge in [-0.25, -0.2) is 8.78 Å². The maximum absolute atomic E-state index is 13.4. The lowest BCUT2D eigenvalue weighted by atomic mass is 10.1. The zero-order valence-electron chi connectivity index (χ0n) is 10.4. The summed E-state index contributed by atoms with van der Waals surface area (Å²) in [6, 6.07) is 3.26. The molecule has 0 bridgehead atoms. The minimum absolute atomic E-state index is 0.146. The molecule has 2 atom stereocenters. The fourth-order valence-electron chi connectivity index (χ4n) is 1.50. The Balaban J connectivity index is 2.61.